The van der Waals surface area contributed by atoms with Crippen molar-refractivity contribution in [3.05, 3.63) is 101 Å². The number of rotatable bonds is 6. The molecule has 1 aliphatic rings. The first-order valence-electron chi connectivity index (χ1n) is 9.59. The molecule has 0 amide bonds. The lowest BCUT2D eigenvalue weighted by molar-refractivity contribution is 0.106. The highest BCUT2D eigenvalue weighted by Crippen LogP contribution is 2.34. The third-order valence-electron chi connectivity index (χ3n) is 4.79. The van der Waals surface area contributed by atoms with Crippen LogP contribution in [0.15, 0.2) is 99.1 Å². The van der Waals surface area contributed by atoms with Gasteiger partial charge in [-0.15, -0.1) is 5.70 Å². The number of nitrogens with zero attached hydrogens (tertiary/aromatic N) is 2. The number of hydrogen-bond donors (Lipinski definition) is 0. The van der Waals surface area contributed by atoms with E-state index in [0.29, 0.717) is 5.75 Å². The SMILES string of the molecule is COc1ccc(S(=O)(=O)[N-]C2=CC(=NS(=O)(=O)c3ccccc3)C(=O)c3ccccc32)cc1. The standard InChI is InChI=1S/C23H17N2O6S2/c1-31-16-11-13-18(14-12-16)33(29,30)24-21-15-22(23(26)20-10-6-5-9-19(20)21)25-32(27,28)17-7-3-2-4-8-17/h2-15H,1H3/q-1. The highest BCUT2D eigenvalue weighted by atomic mass is 32.2. The van der Waals surface area contributed by atoms with Crippen molar-refractivity contribution in [2.24, 2.45) is 4.40 Å². The summed E-state index contributed by atoms with van der Waals surface area (Å²) in [5, 5.41) is 0. The zero-order valence-electron chi connectivity index (χ0n) is 17.2. The minimum atomic E-state index is -4.20. The van der Waals surface area contributed by atoms with Gasteiger partial charge in [0.2, 0.25) is 5.78 Å². The Kier molecular flexibility index (Phi) is 5.88. The maximum Gasteiger partial charge on any atom is 0.282 e. The molecule has 0 atom stereocenters. The predicted molar refractivity (Wildman–Crippen MR) is 123 cm³/mol. The van der Waals surface area contributed by atoms with Crippen molar-refractivity contribution in [3.63, 3.8) is 0 Å². The van der Waals surface area contributed by atoms with Gasteiger partial charge in [-0.1, -0.05) is 42.5 Å². The summed E-state index contributed by atoms with van der Waals surface area (Å²) in [5.74, 6) is -0.173. The predicted octanol–water partition coefficient (Wildman–Crippen LogP) is 3.82. The maximum absolute atomic E-state index is 12.9. The molecule has 1 aliphatic carbocycles. The van der Waals surface area contributed by atoms with Crippen LogP contribution in [0.1, 0.15) is 15.9 Å². The lowest BCUT2D eigenvalue weighted by Gasteiger charge is -2.29. The zero-order valence-corrected chi connectivity index (χ0v) is 18.9. The maximum atomic E-state index is 12.9. The second-order valence-electron chi connectivity index (χ2n) is 6.91. The Morgan fingerprint density at radius 3 is 2.00 bits per heavy atom. The van der Waals surface area contributed by atoms with Crippen molar-refractivity contribution in [3.8, 4) is 5.75 Å². The molecule has 0 saturated carbocycles. The normalized spacial score (nSPS) is 15.0. The van der Waals surface area contributed by atoms with E-state index in [1.807, 2.05) is 0 Å². The number of ether oxygens (including phenoxy) is 1. The monoisotopic (exact) mass is 481 g/mol. The number of Topliss-reactive ketones (excluding diaryl/α,β-unsaturated/α-hetero) is 1. The number of methoxy groups -OCH3 is 1. The number of ketones is 1. The van der Waals surface area contributed by atoms with Crippen molar-refractivity contribution in [1.29, 1.82) is 0 Å². The topological polar surface area (TPSA) is 121 Å². The molecular weight excluding hydrogens is 464 g/mol. The third-order valence-corrected chi connectivity index (χ3v) is 7.40. The van der Waals surface area contributed by atoms with Crippen molar-refractivity contribution in [2.45, 2.75) is 9.79 Å². The number of allylic oxidation sites excluding steroid dienone is 1. The fourth-order valence-electron chi connectivity index (χ4n) is 3.16. The van der Waals surface area contributed by atoms with Crippen molar-refractivity contribution in [1.82, 2.24) is 0 Å². The molecule has 3 aromatic rings. The quantitative estimate of drug-likeness (QED) is 0.528. The molecule has 0 aromatic heterocycles. The minimum Gasteiger partial charge on any atom is -0.572 e. The fourth-order valence-corrected chi connectivity index (χ4v) is 5.16. The number of sulfonamides is 2. The summed E-state index contributed by atoms with van der Waals surface area (Å²) in [7, 11) is -6.93. The van der Waals surface area contributed by atoms with Gasteiger partial charge < -0.3 is 9.46 Å². The Balaban J connectivity index is 1.79. The van der Waals surface area contributed by atoms with Gasteiger partial charge in [0.05, 0.1) is 16.9 Å². The van der Waals surface area contributed by atoms with E-state index >= 15 is 0 Å². The van der Waals surface area contributed by atoms with E-state index in [9.17, 15) is 21.6 Å². The lowest BCUT2D eigenvalue weighted by Crippen LogP contribution is -2.21. The second-order valence-corrected chi connectivity index (χ2v) is 10.1. The molecule has 0 fully saturated rings. The second kappa shape index (κ2) is 8.64. The molecule has 0 aliphatic heterocycles. The molecule has 0 radical (unpaired) electrons. The van der Waals surface area contributed by atoms with E-state index in [1.54, 1.807) is 18.2 Å². The molecule has 0 saturated heterocycles. The Bertz CT molecular complexity index is 1490. The third kappa shape index (κ3) is 4.57. The van der Waals surface area contributed by atoms with Crippen LogP contribution in [0.25, 0.3) is 10.4 Å². The van der Waals surface area contributed by atoms with E-state index in [4.69, 9.17) is 4.74 Å². The van der Waals surface area contributed by atoms with Gasteiger partial charge >= 0.3 is 0 Å². The molecule has 33 heavy (non-hydrogen) atoms. The lowest BCUT2D eigenvalue weighted by atomic mass is 9.93. The molecule has 0 N–H and O–H groups in total. The summed E-state index contributed by atoms with van der Waals surface area (Å²) in [6.07, 6.45) is 1.08. The van der Waals surface area contributed by atoms with Gasteiger partial charge in [0.25, 0.3) is 10.0 Å². The van der Waals surface area contributed by atoms with Crippen LogP contribution in [0.3, 0.4) is 0 Å². The van der Waals surface area contributed by atoms with Crippen LogP contribution in [-0.2, 0) is 20.0 Å². The summed E-state index contributed by atoms with van der Waals surface area (Å²) in [6, 6.07) is 19.3. The molecule has 10 heteroatoms. The minimum absolute atomic E-state index is 0.0889. The molecule has 0 heterocycles. The van der Waals surface area contributed by atoms with Crippen molar-refractivity contribution < 1.29 is 26.4 Å². The Labute approximate surface area is 191 Å². The first kappa shape index (κ1) is 22.4. The van der Waals surface area contributed by atoms with Gasteiger partial charge in [0.15, 0.2) is 0 Å². The van der Waals surface area contributed by atoms with Crippen LogP contribution in [-0.4, -0.2) is 35.4 Å². The van der Waals surface area contributed by atoms with Gasteiger partial charge in [-0.05, 0) is 48.0 Å². The van der Waals surface area contributed by atoms with E-state index in [0.717, 1.165) is 6.08 Å². The Morgan fingerprint density at radius 1 is 0.758 bits per heavy atom. The van der Waals surface area contributed by atoms with Crippen LogP contribution in [0.2, 0.25) is 0 Å². The largest absolute Gasteiger partial charge is 0.572 e. The van der Waals surface area contributed by atoms with Gasteiger partial charge in [0, 0.05) is 5.56 Å². The molecule has 168 valence electrons. The van der Waals surface area contributed by atoms with Crippen LogP contribution < -0.4 is 4.74 Å². The molecule has 8 nitrogen and oxygen atoms in total. The van der Waals surface area contributed by atoms with Gasteiger partial charge in [-0.3, -0.25) is 4.79 Å². The van der Waals surface area contributed by atoms with Crippen LogP contribution in [0.5, 0.6) is 5.75 Å². The average molecular weight is 482 g/mol. The Morgan fingerprint density at radius 2 is 1.36 bits per heavy atom. The number of hydrogen-bond acceptors (Lipinski definition) is 6. The van der Waals surface area contributed by atoms with Gasteiger partial charge in [0.1, 0.15) is 21.5 Å². The first-order valence-corrected chi connectivity index (χ1v) is 12.5. The zero-order chi connectivity index (χ0) is 23.6. The Hall–Kier alpha value is -3.76. The molecule has 0 spiro atoms. The highest BCUT2D eigenvalue weighted by Gasteiger charge is 2.25. The molecule has 3 aromatic carbocycles. The molecular formula is C23H17N2O6S2-. The van der Waals surface area contributed by atoms with E-state index in [1.165, 1.54) is 67.8 Å². The highest BCUT2D eigenvalue weighted by molar-refractivity contribution is 7.94. The van der Waals surface area contributed by atoms with Crippen LogP contribution >= 0.6 is 0 Å². The van der Waals surface area contributed by atoms with Crippen LogP contribution in [0, 0.1) is 0 Å². The summed E-state index contributed by atoms with van der Waals surface area (Å²) >= 11 is 0. The van der Waals surface area contributed by atoms with Crippen molar-refractivity contribution >= 4 is 37.2 Å². The number of carbonyl (C=O) groups excluding carboxylic acids is 1. The van der Waals surface area contributed by atoms with Crippen molar-refractivity contribution in [2.75, 3.05) is 7.11 Å². The van der Waals surface area contributed by atoms with Crippen LogP contribution in [0.4, 0.5) is 0 Å². The number of fused-ring (bicyclic) bond motifs is 1. The summed E-state index contributed by atoms with van der Waals surface area (Å²) < 4.78 is 63.8. The fraction of sp³-hybridized carbons (Fsp3) is 0.0435. The van der Waals surface area contributed by atoms with E-state index < -0.39 is 31.5 Å². The first-order chi connectivity index (χ1) is 15.7. The number of benzene rings is 3. The van der Waals surface area contributed by atoms with E-state index in [-0.39, 0.29) is 26.6 Å². The molecule has 0 unspecified atom stereocenters. The summed E-state index contributed by atoms with van der Waals surface area (Å²) in [6.45, 7) is 0. The number of carbonyl (C=O) groups is 1. The van der Waals surface area contributed by atoms with E-state index in [2.05, 4.69) is 9.12 Å². The summed E-state index contributed by atoms with van der Waals surface area (Å²) in [4.78, 5) is 12.7. The molecule has 0 bridgehead atoms. The molecule has 4 rings (SSSR count). The summed E-state index contributed by atoms with van der Waals surface area (Å²) in [5.41, 5.74) is -0.161. The van der Waals surface area contributed by atoms with Gasteiger partial charge in [-0.25, -0.2) is 8.42 Å². The van der Waals surface area contributed by atoms with Gasteiger partial charge in [-0.2, -0.15) is 12.8 Å². The smallest absolute Gasteiger partial charge is 0.282 e. The average Bonchev–Trinajstić information content (AvgIpc) is 2.82.